The van der Waals surface area contributed by atoms with Crippen molar-refractivity contribution in [2.45, 2.75) is 51.9 Å². The Hall–Kier alpha value is -2.74. The minimum absolute atomic E-state index is 0.0590. The van der Waals surface area contributed by atoms with Crippen LogP contribution in [-0.4, -0.2) is 38.3 Å². The fourth-order valence-electron chi connectivity index (χ4n) is 4.13. The Morgan fingerprint density at radius 2 is 1.94 bits per heavy atom. The molecule has 2 aliphatic heterocycles. The van der Waals surface area contributed by atoms with E-state index in [0.29, 0.717) is 17.9 Å². The van der Waals surface area contributed by atoms with Gasteiger partial charge < -0.3 is 14.8 Å². The molecule has 0 aromatic heterocycles. The van der Waals surface area contributed by atoms with Gasteiger partial charge in [0.1, 0.15) is 17.1 Å². The lowest BCUT2D eigenvalue weighted by molar-refractivity contribution is -0.129. The van der Waals surface area contributed by atoms with E-state index in [4.69, 9.17) is 9.47 Å². The van der Waals surface area contributed by atoms with Crippen LogP contribution in [0.15, 0.2) is 42.5 Å². The van der Waals surface area contributed by atoms with E-state index in [0.717, 1.165) is 16.9 Å². The predicted molar refractivity (Wildman–Crippen MR) is 119 cm³/mol. The fraction of sp³-hybridized carbons (Fsp3) is 0.435. The Morgan fingerprint density at radius 3 is 2.68 bits per heavy atom. The summed E-state index contributed by atoms with van der Waals surface area (Å²) < 4.78 is 38.7. The molecule has 2 heterocycles. The van der Waals surface area contributed by atoms with Crippen LogP contribution >= 0.6 is 0 Å². The molecule has 0 unspecified atom stereocenters. The summed E-state index contributed by atoms with van der Waals surface area (Å²) in [5.74, 6) is 0.726. The van der Waals surface area contributed by atoms with Crippen LogP contribution in [0.2, 0.25) is 0 Å². The number of anilines is 1. The van der Waals surface area contributed by atoms with Crippen molar-refractivity contribution in [3.05, 3.63) is 53.6 Å². The molecule has 2 aromatic rings. The first kappa shape index (κ1) is 21.5. The van der Waals surface area contributed by atoms with Crippen LogP contribution in [0.5, 0.6) is 11.5 Å². The minimum atomic E-state index is -3.55. The average molecular weight is 445 g/mol. The molecule has 0 fully saturated rings. The number of carbonyl (C=O) groups is 1. The number of carbonyl (C=O) groups excluding carboxylic acids is 1. The van der Waals surface area contributed by atoms with E-state index in [1.807, 2.05) is 39.0 Å². The van der Waals surface area contributed by atoms with E-state index in [1.54, 1.807) is 31.2 Å². The smallest absolute Gasteiger partial charge is 0.263 e. The van der Waals surface area contributed by atoms with E-state index in [-0.39, 0.29) is 24.2 Å². The molecule has 31 heavy (non-hydrogen) atoms. The zero-order chi connectivity index (χ0) is 22.4. The second-order valence-corrected chi connectivity index (χ2v) is 10.9. The molecule has 4 rings (SSSR count). The maximum absolute atomic E-state index is 13.2. The fourth-order valence-corrected chi connectivity index (χ4v) is 5.25. The lowest BCUT2D eigenvalue weighted by atomic mass is 9.89. The zero-order valence-corrected chi connectivity index (χ0v) is 19.0. The number of sulfonamides is 1. The molecule has 0 spiro atoms. The van der Waals surface area contributed by atoms with Crippen molar-refractivity contribution in [1.82, 2.24) is 5.32 Å². The Kier molecular flexibility index (Phi) is 5.37. The molecule has 2 aliphatic rings. The Morgan fingerprint density at radius 1 is 1.19 bits per heavy atom. The molecular weight excluding hydrogens is 416 g/mol. The van der Waals surface area contributed by atoms with Gasteiger partial charge in [-0.2, -0.15) is 0 Å². The van der Waals surface area contributed by atoms with E-state index in [2.05, 4.69) is 5.32 Å². The van der Waals surface area contributed by atoms with Crippen LogP contribution in [0.25, 0.3) is 0 Å². The number of benzene rings is 2. The lowest BCUT2D eigenvalue weighted by Crippen LogP contribution is -2.52. The lowest BCUT2D eigenvalue weighted by Gasteiger charge is -2.39. The summed E-state index contributed by atoms with van der Waals surface area (Å²) in [7, 11) is -3.55. The standard InChI is InChI=1S/C23H28N2O5S/c1-5-31(27,28)25-14-21(29-20-9-7-6-8-18(20)25)22(26)24-17-13-23(3,4)30-19-11-10-15(2)12-16(17)19/h6-12,17,21H,5,13-14H2,1-4H3,(H,24,26)/t17-,21+/m0/s1. The van der Waals surface area contributed by atoms with E-state index in [9.17, 15) is 13.2 Å². The summed E-state index contributed by atoms with van der Waals surface area (Å²) in [5.41, 5.74) is 2.01. The van der Waals surface area contributed by atoms with Gasteiger partial charge in [-0.05, 0) is 45.9 Å². The van der Waals surface area contributed by atoms with Crippen molar-refractivity contribution in [2.24, 2.45) is 0 Å². The molecule has 166 valence electrons. The third kappa shape index (κ3) is 4.21. The molecule has 8 heteroatoms. The van der Waals surface area contributed by atoms with Crippen molar-refractivity contribution in [2.75, 3.05) is 16.6 Å². The Bertz CT molecular complexity index is 1110. The second-order valence-electron chi connectivity index (χ2n) is 8.67. The predicted octanol–water partition coefficient (Wildman–Crippen LogP) is 3.33. The molecule has 2 aromatic carbocycles. The van der Waals surface area contributed by atoms with Gasteiger partial charge >= 0.3 is 0 Å². The SMILES string of the molecule is CCS(=O)(=O)N1C[C@H](C(=O)N[C@H]2CC(C)(C)Oc3ccc(C)cc32)Oc2ccccc21. The summed E-state index contributed by atoms with van der Waals surface area (Å²) in [6.45, 7) is 7.49. The number of para-hydroxylation sites is 2. The first-order valence-electron chi connectivity index (χ1n) is 10.5. The molecule has 0 bridgehead atoms. The highest BCUT2D eigenvalue weighted by atomic mass is 32.2. The van der Waals surface area contributed by atoms with Gasteiger partial charge in [0.25, 0.3) is 5.91 Å². The third-order valence-corrected chi connectivity index (χ3v) is 7.41. The van der Waals surface area contributed by atoms with Gasteiger partial charge in [0.05, 0.1) is 24.0 Å². The highest BCUT2D eigenvalue weighted by Crippen LogP contribution is 2.40. The summed E-state index contributed by atoms with van der Waals surface area (Å²) in [6.07, 6.45) is -0.356. The minimum Gasteiger partial charge on any atom is -0.487 e. The van der Waals surface area contributed by atoms with Gasteiger partial charge in [0, 0.05) is 12.0 Å². The van der Waals surface area contributed by atoms with Crippen LogP contribution in [-0.2, 0) is 14.8 Å². The molecule has 1 N–H and O–H groups in total. The van der Waals surface area contributed by atoms with Crippen LogP contribution < -0.4 is 19.1 Å². The number of aryl methyl sites for hydroxylation is 1. The maximum Gasteiger partial charge on any atom is 0.263 e. The summed E-state index contributed by atoms with van der Waals surface area (Å²) in [6, 6.07) is 12.5. The number of rotatable bonds is 4. The molecule has 2 atom stereocenters. The summed E-state index contributed by atoms with van der Waals surface area (Å²) in [5, 5.41) is 3.08. The van der Waals surface area contributed by atoms with Gasteiger partial charge in [-0.3, -0.25) is 9.10 Å². The van der Waals surface area contributed by atoms with Crippen LogP contribution in [0, 0.1) is 6.92 Å². The highest BCUT2D eigenvalue weighted by molar-refractivity contribution is 7.92. The average Bonchev–Trinajstić information content (AvgIpc) is 2.72. The molecule has 1 amide bonds. The number of nitrogens with zero attached hydrogens (tertiary/aromatic N) is 1. The largest absolute Gasteiger partial charge is 0.487 e. The zero-order valence-electron chi connectivity index (χ0n) is 18.2. The van der Waals surface area contributed by atoms with E-state index in [1.165, 1.54) is 4.31 Å². The summed E-state index contributed by atoms with van der Waals surface area (Å²) in [4.78, 5) is 13.2. The maximum atomic E-state index is 13.2. The van der Waals surface area contributed by atoms with Crippen molar-refractivity contribution in [3.8, 4) is 11.5 Å². The number of nitrogens with one attached hydrogen (secondary N) is 1. The molecular formula is C23H28N2O5S. The number of hydrogen-bond donors (Lipinski definition) is 1. The van der Waals surface area contributed by atoms with Gasteiger partial charge in [0.2, 0.25) is 10.0 Å². The normalized spacial score (nSPS) is 21.9. The number of amides is 1. The molecule has 0 saturated heterocycles. The van der Waals surface area contributed by atoms with Crippen molar-refractivity contribution in [3.63, 3.8) is 0 Å². The van der Waals surface area contributed by atoms with Crippen molar-refractivity contribution in [1.29, 1.82) is 0 Å². The number of hydrogen-bond acceptors (Lipinski definition) is 5. The Labute approximate surface area is 183 Å². The third-order valence-electron chi connectivity index (χ3n) is 5.67. The van der Waals surface area contributed by atoms with Gasteiger partial charge in [-0.25, -0.2) is 8.42 Å². The van der Waals surface area contributed by atoms with E-state index >= 15 is 0 Å². The first-order valence-corrected chi connectivity index (χ1v) is 12.1. The highest BCUT2D eigenvalue weighted by Gasteiger charge is 2.39. The van der Waals surface area contributed by atoms with E-state index < -0.39 is 21.7 Å². The molecule has 0 saturated carbocycles. The Balaban J connectivity index is 1.62. The van der Waals surface area contributed by atoms with Crippen LogP contribution in [0.4, 0.5) is 5.69 Å². The second kappa shape index (κ2) is 7.75. The molecule has 0 aliphatic carbocycles. The number of ether oxygens (including phenoxy) is 2. The van der Waals surface area contributed by atoms with Crippen LogP contribution in [0.1, 0.15) is 44.4 Å². The molecule has 0 radical (unpaired) electrons. The van der Waals surface area contributed by atoms with Gasteiger partial charge in [-0.1, -0.05) is 29.8 Å². The van der Waals surface area contributed by atoms with Gasteiger partial charge in [-0.15, -0.1) is 0 Å². The first-order chi connectivity index (χ1) is 14.6. The molecule has 7 nitrogen and oxygen atoms in total. The van der Waals surface area contributed by atoms with Gasteiger partial charge in [0.15, 0.2) is 6.10 Å². The van der Waals surface area contributed by atoms with Crippen molar-refractivity contribution < 1.29 is 22.7 Å². The van der Waals surface area contributed by atoms with Crippen LogP contribution in [0.3, 0.4) is 0 Å². The summed E-state index contributed by atoms with van der Waals surface area (Å²) >= 11 is 0. The topological polar surface area (TPSA) is 84.9 Å². The number of fused-ring (bicyclic) bond motifs is 2. The van der Waals surface area contributed by atoms with Crippen molar-refractivity contribution >= 4 is 21.6 Å². The quantitative estimate of drug-likeness (QED) is 0.782. The monoisotopic (exact) mass is 444 g/mol.